The van der Waals surface area contributed by atoms with Crippen molar-refractivity contribution in [3.63, 3.8) is 0 Å². The zero-order valence-corrected chi connectivity index (χ0v) is 8.90. The van der Waals surface area contributed by atoms with E-state index in [2.05, 4.69) is 5.32 Å². The zero-order valence-electron chi connectivity index (χ0n) is 8.09. The minimum atomic E-state index is -3.00. The SMILES string of the molecule is CCS(=O)(=O)/C(C)=C/NC(C)C. The summed E-state index contributed by atoms with van der Waals surface area (Å²) in [5.41, 5.74) is 0. The zero-order chi connectivity index (χ0) is 9.78. The van der Waals surface area contributed by atoms with Crippen molar-refractivity contribution in [2.75, 3.05) is 5.75 Å². The van der Waals surface area contributed by atoms with Crippen molar-refractivity contribution >= 4 is 9.84 Å². The number of rotatable bonds is 4. The maximum absolute atomic E-state index is 11.2. The van der Waals surface area contributed by atoms with E-state index in [0.717, 1.165) is 0 Å². The Kier molecular flexibility index (Phi) is 4.31. The summed E-state index contributed by atoms with van der Waals surface area (Å²) in [4.78, 5) is 0.402. The van der Waals surface area contributed by atoms with E-state index in [1.165, 1.54) is 0 Å². The van der Waals surface area contributed by atoms with Gasteiger partial charge in [0, 0.05) is 12.2 Å². The Morgan fingerprint density at radius 2 is 2.00 bits per heavy atom. The van der Waals surface area contributed by atoms with Crippen molar-refractivity contribution < 1.29 is 8.42 Å². The quantitative estimate of drug-likeness (QED) is 0.728. The smallest absolute Gasteiger partial charge is 0.175 e. The first-order chi connectivity index (χ1) is 5.40. The first kappa shape index (κ1) is 11.5. The van der Waals surface area contributed by atoms with Crippen LogP contribution in [0.5, 0.6) is 0 Å². The van der Waals surface area contributed by atoms with Gasteiger partial charge in [-0.05, 0) is 20.8 Å². The Bertz CT molecular complexity index is 252. The molecule has 0 heterocycles. The van der Waals surface area contributed by atoms with E-state index in [4.69, 9.17) is 0 Å². The van der Waals surface area contributed by atoms with Crippen LogP contribution >= 0.6 is 0 Å². The van der Waals surface area contributed by atoms with Crippen molar-refractivity contribution in [2.24, 2.45) is 0 Å². The summed E-state index contributed by atoms with van der Waals surface area (Å²) in [6.45, 7) is 7.17. The molecule has 0 radical (unpaired) electrons. The van der Waals surface area contributed by atoms with Gasteiger partial charge in [-0.3, -0.25) is 0 Å². The molecule has 0 aliphatic carbocycles. The van der Waals surface area contributed by atoms with Crippen molar-refractivity contribution in [1.29, 1.82) is 0 Å². The van der Waals surface area contributed by atoms with E-state index in [1.54, 1.807) is 20.0 Å². The monoisotopic (exact) mass is 191 g/mol. The van der Waals surface area contributed by atoms with Crippen molar-refractivity contribution in [3.8, 4) is 0 Å². The van der Waals surface area contributed by atoms with Crippen molar-refractivity contribution in [3.05, 3.63) is 11.1 Å². The van der Waals surface area contributed by atoms with Gasteiger partial charge >= 0.3 is 0 Å². The minimum Gasteiger partial charge on any atom is -0.388 e. The summed E-state index contributed by atoms with van der Waals surface area (Å²) >= 11 is 0. The van der Waals surface area contributed by atoms with Crippen LogP contribution in [0.1, 0.15) is 27.7 Å². The van der Waals surface area contributed by atoms with Crippen LogP contribution in [-0.2, 0) is 9.84 Å². The van der Waals surface area contributed by atoms with Gasteiger partial charge in [-0.15, -0.1) is 0 Å². The highest BCUT2D eigenvalue weighted by Crippen LogP contribution is 2.04. The fourth-order valence-corrected chi connectivity index (χ4v) is 1.30. The van der Waals surface area contributed by atoms with Crippen LogP contribution in [0.2, 0.25) is 0 Å². The molecule has 0 amide bonds. The van der Waals surface area contributed by atoms with Gasteiger partial charge in [-0.25, -0.2) is 8.42 Å². The molecule has 0 fully saturated rings. The fraction of sp³-hybridized carbons (Fsp3) is 0.750. The largest absolute Gasteiger partial charge is 0.388 e. The molecule has 0 aromatic rings. The Hall–Kier alpha value is -0.510. The lowest BCUT2D eigenvalue weighted by Gasteiger charge is -2.06. The topological polar surface area (TPSA) is 46.2 Å². The molecule has 0 aromatic heterocycles. The predicted octanol–water partition coefficient (Wildman–Crippen LogP) is 1.28. The molecule has 72 valence electrons. The first-order valence-corrected chi connectivity index (χ1v) is 5.71. The average molecular weight is 191 g/mol. The molecule has 0 saturated carbocycles. The average Bonchev–Trinajstić information content (AvgIpc) is 2.00. The minimum absolute atomic E-state index is 0.162. The number of nitrogens with one attached hydrogen (secondary N) is 1. The van der Waals surface area contributed by atoms with Crippen LogP contribution < -0.4 is 5.32 Å². The third-order valence-electron chi connectivity index (χ3n) is 1.49. The Balaban J connectivity index is 4.39. The molecule has 1 N–H and O–H groups in total. The summed E-state index contributed by atoms with van der Waals surface area (Å²) in [5, 5.41) is 2.94. The van der Waals surface area contributed by atoms with Gasteiger partial charge in [-0.2, -0.15) is 0 Å². The van der Waals surface area contributed by atoms with Gasteiger partial charge < -0.3 is 5.32 Å². The molecule has 0 atom stereocenters. The molecule has 0 spiro atoms. The van der Waals surface area contributed by atoms with Gasteiger partial charge in [0.2, 0.25) is 0 Å². The maximum Gasteiger partial charge on any atom is 0.175 e. The van der Waals surface area contributed by atoms with E-state index < -0.39 is 9.84 Å². The van der Waals surface area contributed by atoms with E-state index >= 15 is 0 Å². The van der Waals surface area contributed by atoms with Crippen molar-refractivity contribution in [2.45, 2.75) is 33.7 Å². The van der Waals surface area contributed by atoms with Gasteiger partial charge in [0.25, 0.3) is 0 Å². The van der Waals surface area contributed by atoms with E-state index in [-0.39, 0.29) is 11.8 Å². The van der Waals surface area contributed by atoms with Crippen LogP contribution in [-0.4, -0.2) is 20.2 Å². The maximum atomic E-state index is 11.2. The molecular formula is C8H17NO2S. The van der Waals surface area contributed by atoms with Gasteiger partial charge in [0.1, 0.15) is 0 Å². The van der Waals surface area contributed by atoms with E-state index in [0.29, 0.717) is 4.91 Å². The molecule has 0 aromatic carbocycles. The molecule has 0 unspecified atom stereocenters. The van der Waals surface area contributed by atoms with Crippen LogP contribution in [0.25, 0.3) is 0 Å². The van der Waals surface area contributed by atoms with Crippen LogP contribution in [0, 0.1) is 0 Å². The standard InChI is InChI=1S/C8H17NO2S/c1-5-12(10,11)8(4)6-9-7(2)3/h6-7,9H,5H2,1-4H3/b8-6+. The molecular weight excluding hydrogens is 174 g/mol. The summed E-state index contributed by atoms with van der Waals surface area (Å²) in [7, 11) is -3.00. The molecule has 0 rings (SSSR count). The van der Waals surface area contributed by atoms with E-state index in [1.807, 2.05) is 13.8 Å². The lowest BCUT2D eigenvalue weighted by atomic mass is 10.4. The highest BCUT2D eigenvalue weighted by atomic mass is 32.2. The summed E-state index contributed by atoms with van der Waals surface area (Å²) < 4.78 is 22.4. The third kappa shape index (κ3) is 3.76. The predicted molar refractivity (Wildman–Crippen MR) is 51.5 cm³/mol. The fourth-order valence-electron chi connectivity index (χ4n) is 0.601. The van der Waals surface area contributed by atoms with E-state index in [9.17, 15) is 8.42 Å². The number of hydrogen-bond acceptors (Lipinski definition) is 3. The highest BCUT2D eigenvalue weighted by molar-refractivity contribution is 7.95. The number of sulfone groups is 1. The third-order valence-corrected chi connectivity index (χ3v) is 3.35. The second-order valence-electron chi connectivity index (χ2n) is 2.98. The number of hydrogen-bond donors (Lipinski definition) is 1. The molecule has 4 heteroatoms. The second kappa shape index (κ2) is 4.50. The molecule has 12 heavy (non-hydrogen) atoms. The van der Waals surface area contributed by atoms with Crippen LogP contribution in [0.4, 0.5) is 0 Å². The summed E-state index contributed by atoms with van der Waals surface area (Å²) in [5.74, 6) is 0.162. The van der Waals surface area contributed by atoms with Crippen LogP contribution in [0.3, 0.4) is 0 Å². The highest BCUT2D eigenvalue weighted by Gasteiger charge is 2.09. The van der Waals surface area contributed by atoms with Crippen LogP contribution in [0.15, 0.2) is 11.1 Å². The Labute approximate surface area is 74.8 Å². The molecule has 0 aliphatic rings. The molecule has 0 aliphatic heterocycles. The second-order valence-corrected chi connectivity index (χ2v) is 5.43. The molecule has 0 saturated heterocycles. The molecule has 3 nitrogen and oxygen atoms in total. The van der Waals surface area contributed by atoms with Gasteiger partial charge in [-0.1, -0.05) is 6.92 Å². The van der Waals surface area contributed by atoms with Gasteiger partial charge in [0.05, 0.1) is 10.7 Å². The summed E-state index contributed by atoms with van der Waals surface area (Å²) in [6.07, 6.45) is 1.56. The summed E-state index contributed by atoms with van der Waals surface area (Å²) in [6, 6.07) is 0.270. The Morgan fingerprint density at radius 3 is 2.33 bits per heavy atom. The normalized spacial score (nSPS) is 13.6. The number of allylic oxidation sites excluding steroid dienone is 1. The van der Waals surface area contributed by atoms with Crippen molar-refractivity contribution in [1.82, 2.24) is 5.32 Å². The lowest BCUT2D eigenvalue weighted by molar-refractivity contribution is 0.602. The Morgan fingerprint density at radius 1 is 1.50 bits per heavy atom. The first-order valence-electron chi connectivity index (χ1n) is 4.05. The van der Waals surface area contributed by atoms with Gasteiger partial charge in [0.15, 0.2) is 9.84 Å². The molecule has 0 bridgehead atoms. The lowest BCUT2D eigenvalue weighted by Crippen LogP contribution is -2.18.